The van der Waals surface area contributed by atoms with E-state index in [4.69, 9.17) is 10.5 Å². The van der Waals surface area contributed by atoms with Crippen LogP contribution in [0.3, 0.4) is 0 Å². The van der Waals surface area contributed by atoms with Gasteiger partial charge in [-0.2, -0.15) is 0 Å². The summed E-state index contributed by atoms with van der Waals surface area (Å²) in [6.07, 6.45) is 3.97. The van der Waals surface area contributed by atoms with Crippen LogP contribution in [-0.2, 0) is 17.7 Å². The van der Waals surface area contributed by atoms with Gasteiger partial charge in [-0.15, -0.1) is 0 Å². The average Bonchev–Trinajstić information content (AvgIpc) is 2.29. The smallest absolute Gasteiger partial charge is 0.0601 e. The Labute approximate surface area is 103 Å². The molecular weight excluding hydrogens is 212 g/mol. The quantitative estimate of drug-likeness (QED) is 0.790. The Balaban J connectivity index is 1.71. The number of hydrogen-bond acceptors (Lipinski definition) is 3. The fraction of sp³-hybridized carbons (Fsp3) is 0.571. The van der Waals surface area contributed by atoms with Gasteiger partial charge in [0, 0.05) is 31.9 Å². The molecule has 3 heteroatoms. The van der Waals surface area contributed by atoms with Crippen molar-refractivity contribution in [2.75, 3.05) is 19.4 Å². The predicted octanol–water partition coefficient (Wildman–Crippen LogP) is 1.80. The predicted molar refractivity (Wildman–Crippen MR) is 68.8 cm³/mol. The van der Waals surface area contributed by atoms with Crippen molar-refractivity contribution in [3.8, 4) is 0 Å². The largest absolute Gasteiger partial charge is 0.398 e. The summed E-state index contributed by atoms with van der Waals surface area (Å²) in [5.74, 6) is 0. The Kier molecular flexibility index (Phi) is 2.81. The fourth-order valence-corrected chi connectivity index (χ4v) is 2.97. The highest BCUT2D eigenvalue weighted by Gasteiger charge is 2.35. The summed E-state index contributed by atoms with van der Waals surface area (Å²) in [5.41, 5.74) is 9.80. The zero-order valence-corrected chi connectivity index (χ0v) is 10.4. The molecule has 1 aromatic rings. The number of benzene rings is 1. The zero-order chi connectivity index (χ0) is 11.8. The number of nitrogen functional groups attached to an aromatic ring is 1. The van der Waals surface area contributed by atoms with E-state index in [9.17, 15) is 0 Å². The van der Waals surface area contributed by atoms with Gasteiger partial charge in [0.15, 0.2) is 0 Å². The molecule has 3 rings (SSSR count). The van der Waals surface area contributed by atoms with Gasteiger partial charge in [0.05, 0.1) is 6.10 Å². The van der Waals surface area contributed by atoms with Gasteiger partial charge in [-0.25, -0.2) is 0 Å². The summed E-state index contributed by atoms with van der Waals surface area (Å²) < 4.78 is 5.35. The van der Waals surface area contributed by atoms with Gasteiger partial charge >= 0.3 is 0 Å². The lowest BCUT2D eigenvalue weighted by Gasteiger charge is -2.44. The second-order valence-electron chi connectivity index (χ2n) is 5.19. The molecule has 1 saturated carbocycles. The molecule has 3 nitrogen and oxygen atoms in total. The highest BCUT2D eigenvalue weighted by atomic mass is 16.5. The number of nitrogens with zero attached hydrogens (tertiary/aromatic N) is 1. The molecule has 2 N–H and O–H groups in total. The van der Waals surface area contributed by atoms with Crippen LogP contribution in [-0.4, -0.2) is 30.7 Å². The van der Waals surface area contributed by atoms with Crippen molar-refractivity contribution >= 4 is 5.69 Å². The molecule has 0 unspecified atom stereocenters. The average molecular weight is 232 g/mol. The molecule has 0 atom stereocenters. The first kappa shape index (κ1) is 11.1. The van der Waals surface area contributed by atoms with Crippen molar-refractivity contribution in [3.05, 3.63) is 29.3 Å². The minimum Gasteiger partial charge on any atom is -0.398 e. The highest BCUT2D eigenvalue weighted by Crippen LogP contribution is 2.33. The third-order valence-corrected chi connectivity index (χ3v) is 4.26. The number of nitrogens with two attached hydrogens (primary N) is 1. The second kappa shape index (κ2) is 4.31. The molecule has 92 valence electrons. The fourth-order valence-electron chi connectivity index (χ4n) is 2.97. The standard InChI is InChI=1S/C14H20N2O/c1-17-12-7-11(8-12)16-6-5-10-3-2-4-14(15)13(10)9-16/h2-4,11-12H,5-9,15H2,1H3. The number of anilines is 1. The van der Waals surface area contributed by atoms with Gasteiger partial charge in [0.1, 0.15) is 0 Å². The summed E-state index contributed by atoms with van der Waals surface area (Å²) in [6.45, 7) is 2.18. The topological polar surface area (TPSA) is 38.5 Å². The number of fused-ring (bicyclic) bond motifs is 1. The van der Waals surface area contributed by atoms with Crippen LogP contribution in [0.1, 0.15) is 24.0 Å². The van der Waals surface area contributed by atoms with Crippen LogP contribution in [0.25, 0.3) is 0 Å². The molecule has 17 heavy (non-hydrogen) atoms. The van der Waals surface area contributed by atoms with Crippen molar-refractivity contribution < 1.29 is 4.74 Å². The molecule has 0 bridgehead atoms. The zero-order valence-electron chi connectivity index (χ0n) is 10.4. The Hall–Kier alpha value is -1.06. The van der Waals surface area contributed by atoms with Crippen LogP contribution in [0.15, 0.2) is 18.2 Å². The minimum absolute atomic E-state index is 0.481. The number of methoxy groups -OCH3 is 1. The van der Waals surface area contributed by atoms with E-state index in [1.54, 1.807) is 0 Å². The Morgan fingerprint density at radius 2 is 2.18 bits per heavy atom. The SMILES string of the molecule is COC1CC(N2CCc3cccc(N)c3C2)C1. The van der Waals surface area contributed by atoms with E-state index in [0.717, 1.165) is 25.2 Å². The van der Waals surface area contributed by atoms with E-state index in [0.29, 0.717) is 12.1 Å². The Bertz CT molecular complexity index is 413. The molecule has 1 heterocycles. The van der Waals surface area contributed by atoms with Crippen LogP contribution >= 0.6 is 0 Å². The maximum Gasteiger partial charge on any atom is 0.0601 e. The molecule has 0 amide bonds. The van der Waals surface area contributed by atoms with E-state index in [1.807, 2.05) is 13.2 Å². The second-order valence-corrected chi connectivity index (χ2v) is 5.19. The molecule has 0 spiro atoms. The monoisotopic (exact) mass is 232 g/mol. The van der Waals surface area contributed by atoms with Gasteiger partial charge in [0.2, 0.25) is 0 Å². The van der Waals surface area contributed by atoms with E-state index in [2.05, 4.69) is 17.0 Å². The third kappa shape index (κ3) is 1.94. The Morgan fingerprint density at radius 3 is 2.94 bits per heavy atom. The van der Waals surface area contributed by atoms with Crippen molar-refractivity contribution in [1.29, 1.82) is 0 Å². The van der Waals surface area contributed by atoms with Gasteiger partial charge in [0.25, 0.3) is 0 Å². The lowest BCUT2D eigenvalue weighted by atomic mass is 9.85. The number of hydrogen-bond donors (Lipinski definition) is 1. The van der Waals surface area contributed by atoms with Crippen LogP contribution in [0.2, 0.25) is 0 Å². The summed E-state index contributed by atoms with van der Waals surface area (Å²) in [7, 11) is 1.81. The molecule has 1 aromatic carbocycles. The van der Waals surface area contributed by atoms with E-state index >= 15 is 0 Å². The first-order valence-electron chi connectivity index (χ1n) is 6.41. The summed E-state index contributed by atoms with van der Waals surface area (Å²) >= 11 is 0. The molecule has 0 saturated heterocycles. The molecule has 0 radical (unpaired) electrons. The normalized spacial score (nSPS) is 28.5. The van der Waals surface area contributed by atoms with Crippen LogP contribution in [0.5, 0.6) is 0 Å². The lowest BCUT2D eigenvalue weighted by Crippen LogP contribution is -2.49. The summed E-state index contributed by atoms with van der Waals surface area (Å²) in [5, 5.41) is 0. The maximum absolute atomic E-state index is 6.07. The van der Waals surface area contributed by atoms with Crippen LogP contribution in [0.4, 0.5) is 5.69 Å². The first-order chi connectivity index (χ1) is 8.28. The number of rotatable bonds is 2. The summed E-state index contributed by atoms with van der Waals surface area (Å²) in [4.78, 5) is 2.56. The van der Waals surface area contributed by atoms with Crippen molar-refractivity contribution in [3.63, 3.8) is 0 Å². The van der Waals surface area contributed by atoms with E-state index in [-0.39, 0.29) is 0 Å². The van der Waals surface area contributed by atoms with Gasteiger partial charge in [-0.05, 0) is 36.5 Å². The van der Waals surface area contributed by atoms with E-state index < -0.39 is 0 Å². The van der Waals surface area contributed by atoms with Crippen molar-refractivity contribution in [1.82, 2.24) is 4.90 Å². The van der Waals surface area contributed by atoms with Crippen molar-refractivity contribution in [2.24, 2.45) is 0 Å². The maximum atomic E-state index is 6.07. The molecule has 2 aliphatic rings. The minimum atomic E-state index is 0.481. The van der Waals surface area contributed by atoms with E-state index in [1.165, 1.54) is 24.0 Å². The van der Waals surface area contributed by atoms with Crippen LogP contribution in [0, 0.1) is 0 Å². The molecular formula is C14H20N2O. The Morgan fingerprint density at radius 1 is 1.35 bits per heavy atom. The molecule has 0 aromatic heterocycles. The van der Waals surface area contributed by atoms with Gasteiger partial charge < -0.3 is 10.5 Å². The third-order valence-electron chi connectivity index (χ3n) is 4.26. The van der Waals surface area contributed by atoms with Crippen molar-refractivity contribution in [2.45, 2.75) is 38.0 Å². The van der Waals surface area contributed by atoms with Gasteiger partial charge in [-0.3, -0.25) is 4.90 Å². The summed E-state index contributed by atoms with van der Waals surface area (Å²) in [6, 6.07) is 6.99. The lowest BCUT2D eigenvalue weighted by molar-refractivity contribution is -0.0313. The molecule has 1 fully saturated rings. The van der Waals surface area contributed by atoms with Crippen LogP contribution < -0.4 is 5.73 Å². The molecule has 1 aliphatic heterocycles. The van der Waals surface area contributed by atoms with Gasteiger partial charge in [-0.1, -0.05) is 12.1 Å². The number of ether oxygens (including phenoxy) is 1. The highest BCUT2D eigenvalue weighted by molar-refractivity contribution is 5.51. The first-order valence-corrected chi connectivity index (χ1v) is 6.41. The molecule has 1 aliphatic carbocycles.